The molecule has 0 saturated carbocycles. The van der Waals surface area contributed by atoms with Crippen LogP contribution in [0.2, 0.25) is 0 Å². The van der Waals surface area contributed by atoms with E-state index in [0.717, 1.165) is 38.5 Å². The van der Waals surface area contributed by atoms with Gasteiger partial charge in [0, 0.05) is 44.8 Å². The van der Waals surface area contributed by atoms with Crippen molar-refractivity contribution in [1.29, 1.82) is 0 Å². The molecule has 1 saturated heterocycles. The van der Waals surface area contributed by atoms with E-state index in [-0.39, 0.29) is 18.7 Å². The highest BCUT2D eigenvalue weighted by atomic mass is 16.5. The molecule has 21 heavy (non-hydrogen) atoms. The van der Waals surface area contributed by atoms with Crippen LogP contribution < -0.4 is 10.5 Å². The van der Waals surface area contributed by atoms with Gasteiger partial charge in [0.25, 0.3) is 0 Å². The Morgan fingerprint density at radius 2 is 1.81 bits per heavy atom. The van der Waals surface area contributed by atoms with Crippen molar-refractivity contribution in [2.24, 2.45) is 5.73 Å². The quantitative estimate of drug-likeness (QED) is 0.808. The number of piperazine rings is 1. The summed E-state index contributed by atoms with van der Waals surface area (Å²) in [6.07, 6.45) is 0. The number of β-amino-alcohol motifs (C(OH)–C–C–N with tert-alkyl or cyclic N) is 1. The molecule has 1 aromatic rings. The van der Waals surface area contributed by atoms with Crippen LogP contribution >= 0.6 is 0 Å². The predicted molar refractivity (Wildman–Crippen MR) is 84.5 cm³/mol. The van der Waals surface area contributed by atoms with E-state index in [1.54, 1.807) is 7.11 Å². The van der Waals surface area contributed by atoms with Crippen LogP contribution in [0.5, 0.6) is 5.75 Å². The van der Waals surface area contributed by atoms with Crippen molar-refractivity contribution < 1.29 is 9.84 Å². The Kier molecular flexibility index (Phi) is 5.99. The smallest absolute Gasteiger partial charge is 0.118 e. The van der Waals surface area contributed by atoms with Crippen LogP contribution in [0, 0.1) is 0 Å². The number of aliphatic hydroxyl groups is 1. The van der Waals surface area contributed by atoms with Crippen molar-refractivity contribution in [2.45, 2.75) is 19.0 Å². The minimum atomic E-state index is 0.0720. The summed E-state index contributed by atoms with van der Waals surface area (Å²) in [5.41, 5.74) is 7.47. The van der Waals surface area contributed by atoms with Crippen molar-refractivity contribution in [1.82, 2.24) is 9.80 Å². The molecule has 0 radical (unpaired) electrons. The van der Waals surface area contributed by atoms with E-state index in [1.807, 2.05) is 12.1 Å². The molecule has 2 atom stereocenters. The largest absolute Gasteiger partial charge is 0.497 e. The summed E-state index contributed by atoms with van der Waals surface area (Å²) in [4.78, 5) is 4.74. The zero-order valence-electron chi connectivity index (χ0n) is 13.0. The SMILES string of the molecule is COc1ccc(C(C(C)N)N2CCN(CCO)CC2)cc1. The molecule has 5 nitrogen and oxygen atoms in total. The Morgan fingerprint density at radius 1 is 1.19 bits per heavy atom. The summed E-state index contributed by atoms with van der Waals surface area (Å²) >= 11 is 0. The minimum Gasteiger partial charge on any atom is -0.497 e. The number of hydrogen-bond acceptors (Lipinski definition) is 5. The highest BCUT2D eigenvalue weighted by Crippen LogP contribution is 2.26. The third-order valence-electron chi connectivity index (χ3n) is 4.17. The molecule has 1 aromatic carbocycles. The second-order valence-electron chi connectivity index (χ2n) is 5.68. The fourth-order valence-electron chi connectivity index (χ4n) is 3.05. The van der Waals surface area contributed by atoms with Crippen LogP contribution in [0.3, 0.4) is 0 Å². The van der Waals surface area contributed by atoms with Gasteiger partial charge in [-0.05, 0) is 24.6 Å². The van der Waals surface area contributed by atoms with E-state index in [2.05, 4.69) is 28.9 Å². The summed E-state index contributed by atoms with van der Waals surface area (Å²) in [6.45, 7) is 7.00. The first-order chi connectivity index (χ1) is 10.2. The maximum atomic E-state index is 9.02. The average molecular weight is 293 g/mol. The molecule has 118 valence electrons. The first-order valence-electron chi connectivity index (χ1n) is 7.62. The zero-order valence-corrected chi connectivity index (χ0v) is 13.0. The van der Waals surface area contributed by atoms with Gasteiger partial charge in [-0.25, -0.2) is 0 Å². The molecule has 1 heterocycles. The second kappa shape index (κ2) is 7.75. The Bertz CT molecular complexity index is 414. The molecule has 0 spiro atoms. The average Bonchev–Trinajstić information content (AvgIpc) is 2.50. The Morgan fingerprint density at radius 3 is 2.29 bits per heavy atom. The van der Waals surface area contributed by atoms with Gasteiger partial charge < -0.3 is 15.6 Å². The lowest BCUT2D eigenvalue weighted by Crippen LogP contribution is -2.51. The topological polar surface area (TPSA) is 62.0 Å². The zero-order chi connectivity index (χ0) is 15.2. The number of aliphatic hydroxyl groups excluding tert-OH is 1. The van der Waals surface area contributed by atoms with E-state index in [0.29, 0.717) is 0 Å². The van der Waals surface area contributed by atoms with E-state index in [9.17, 15) is 0 Å². The Labute approximate surface area is 127 Å². The van der Waals surface area contributed by atoms with Crippen LogP contribution in [0.1, 0.15) is 18.5 Å². The fraction of sp³-hybridized carbons (Fsp3) is 0.625. The number of ether oxygens (including phenoxy) is 1. The van der Waals surface area contributed by atoms with Gasteiger partial charge in [0.1, 0.15) is 5.75 Å². The van der Waals surface area contributed by atoms with Crippen molar-refractivity contribution in [2.75, 3.05) is 46.4 Å². The van der Waals surface area contributed by atoms with Gasteiger partial charge in [-0.15, -0.1) is 0 Å². The maximum absolute atomic E-state index is 9.02. The van der Waals surface area contributed by atoms with Crippen molar-refractivity contribution in [3.63, 3.8) is 0 Å². The number of nitrogens with two attached hydrogens (primary N) is 1. The number of methoxy groups -OCH3 is 1. The molecule has 3 N–H and O–H groups in total. The number of benzene rings is 1. The Balaban J connectivity index is 2.05. The van der Waals surface area contributed by atoms with Crippen LogP contribution in [0.15, 0.2) is 24.3 Å². The molecular weight excluding hydrogens is 266 g/mol. The summed E-state index contributed by atoms with van der Waals surface area (Å²) < 4.78 is 5.22. The van der Waals surface area contributed by atoms with Gasteiger partial charge in [0.05, 0.1) is 13.7 Å². The van der Waals surface area contributed by atoms with Gasteiger partial charge in [-0.2, -0.15) is 0 Å². The van der Waals surface area contributed by atoms with Gasteiger partial charge in [0.2, 0.25) is 0 Å². The van der Waals surface area contributed by atoms with Gasteiger partial charge >= 0.3 is 0 Å². The summed E-state index contributed by atoms with van der Waals surface area (Å²) in [5.74, 6) is 0.870. The summed E-state index contributed by atoms with van der Waals surface area (Å²) in [7, 11) is 1.68. The normalized spacial score (nSPS) is 20.2. The number of hydrogen-bond donors (Lipinski definition) is 2. The molecule has 1 aliphatic rings. The van der Waals surface area contributed by atoms with Crippen LogP contribution in [-0.4, -0.2) is 67.4 Å². The lowest BCUT2D eigenvalue weighted by atomic mass is 9.98. The predicted octanol–water partition coefficient (Wildman–Crippen LogP) is 0.693. The second-order valence-corrected chi connectivity index (χ2v) is 5.68. The van der Waals surface area contributed by atoms with Crippen molar-refractivity contribution in [3.8, 4) is 5.75 Å². The van der Waals surface area contributed by atoms with E-state index in [1.165, 1.54) is 5.56 Å². The number of rotatable bonds is 6. The third-order valence-corrected chi connectivity index (χ3v) is 4.17. The first-order valence-corrected chi connectivity index (χ1v) is 7.62. The number of nitrogens with zero attached hydrogens (tertiary/aromatic N) is 2. The first kappa shape index (κ1) is 16.2. The fourth-order valence-corrected chi connectivity index (χ4v) is 3.05. The van der Waals surface area contributed by atoms with Crippen molar-refractivity contribution >= 4 is 0 Å². The molecule has 1 fully saturated rings. The summed E-state index contributed by atoms with van der Waals surface area (Å²) in [5, 5.41) is 9.02. The van der Waals surface area contributed by atoms with Crippen molar-refractivity contribution in [3.05, 3.63) is 29.8 Å². The molecular formula is C16H27N3O2. The van der Waals surface area contributed by atoms with E-state index in [4.69, 9.17) is 15.6 Å². The lowest BCUT2D eigenvalue weighted by Gasteiger charge is -2.41. The molecule has 5 heteroatoms. The standard InChI is InChI=1S/C16H27N3O2/c1-13(17)16(14-3-5-15(21-2)6-4-14)19-9-7-18(8-10-19)11-12-20/h3-6,13,16,20H,7-12,17H2,1-2H3. The third kappa shape index (κ3) is 4.17. The summed E-state index contributed by atoms with van der Waals surface area (Å²) in [6, 6.07) is 8.49. The molecule has 0 aliphatic carbocycles. The highest BCUT2D eigenvalue weighted by molar-refractivity contribution is 5.30. The van der Waals surface area contributed by atoms with Gasteiger partial charge in [-0.1, -0.05) is 12.1 Å². The van der Waals surface area contributed by atoms with Crippen LogP contribution in [-0.2, 0) is 0 Å². The molecule has 0 bridgehead atoms. The highest BCUT2D eigenvalue weighted by Gasteiger charge is 2.27. The van der Waals surface area contributed by atoms with E-state index >= 15 is 0 Å². The van der Waals surface area contributed by atoms with E-state index < -0.39 is 0 Å². The van der Waals surface area contributed by atoms with Crippen LogP contribution in [0.25, 0.3) is 0 Å². The lowest BCUT2D eigenvalue weighted by molar-refractivity contribution is 0.0760. The minimum absolute atomic E-state index is 0.0720. The molecule has 0 amide bonds. The molecule has 1 aliphatic heterocycles. The van der Waals surface area contributed by atoms with Gasteiger partial charge in [-0.3, -0.25) is 9.80 Å². The Hall–Kier alpha value is -1.14. The van der Waals surface area contributed by atoms with Crippen LogP contribution in [0.4, 0.5) is 0 Å². The molecule has 2 unspecified atom stereocenters. The monoisotopic (exact) mass is 293 g/mol. The molecule has 0 aromatic heterocycles. The van der Waals surface area contributed by atoms with Gasteiger partial charge in [0.15, 0.2) is 0 Å². The maximum Gasteiger partial charge on any atom is 0.118 e. The molecule has 2 rings (SSSR count).